The second-order valence-corrected chi connectivity index (χ2v) is 10.4. The van der Waals surface area contributed by atoms with Crippen LogP contribution < -0.4 is 0 Å². The molecule has 2 atom stereocenters. The minimum absolute atomic E-state index is 0.805. The lowest BCUT2D eigenvalue weighted by Gasteiger charge is -2.13. The molecule has 174 valence electrons. The van der Waals surface area contributed by atoms with E-state index in [1.54, 1.807) is 0 Å². The summed E-state index contributed by atoms with van der Waals surface area (Å²) in [6, 6.07) is 10.6. The van der Waals surface area contributed by atoms with Gasteiger partial charge in [-0.25, -0.2) is 8.42 Å². The molecule has 0 heterocycles. The van der Waals surface area contributed by atoms with Crippen molar-refractivity contribution in [2.45, 2.75) is 33.6 Å². The molecular weight excluding hydrogens is 486 g/mol. The van der Waals surface area contributed by atoms with Gasteiger partial charge in [0.25, 0.3) is 11.8 Å². The van der Waals surface area contributed by atoms with Gasteiger partial charge in [-0.05, 0) is 24.3 Å². The first kappa shape index (κ1) is 25.5. The van der Waals surface area contributed by atoms with Crippen molar-refractivity contribution >= 4 is 31.3 Å². The monoisotopic (exact) mass is 500 g/mol. The number of carbonyl (C=O) groups is 2. The SMILES string of the molecule is O=C(CCC(=O)N=S(=O)(c1ccccc1)C(F)(F)F)N=S(=O)(c1ccccc1)C(F)(F)F. The Labute approximate surface area is 179 Å². The fourth-order valence-corrected chi connectivity index (χ4v) is 5.04. The molecule has 14 heteroatoms. The molecule has 6 nitrogen and oxygen atoms in total. The third-order valence-corrected chi connectivity index (χ3v) is 7.76. The topological polar surface area (TPSA) is 93.0 Å². The zero-order valence-corrected chi connectivity index (χ0v) is 17.4. The number of hydrogen-bond acceptors (Lipinski definition) is 4. The van der Waals surface area contributed by atoms with Gasteiger partial charge in [0.05, 0.1) is 9.79 Å². The molecule has 2 rings (SSSR count). The van der Waals surface area contributed by atoms with Crippen molar-refractivity contribution in [2.75, 3.05) is 0 Å². The molecule has 2 aromatic rings. The van der Waals surface area contributed by atoms with Crippen molar-refractivity contribution in [1.29, 1.82) is 0 Å². The van der Waals surface area contributed by atoms with Gasteiger partial charge in [-0.15, -0.1) is 8.73 Å². The van der Waals surface area contributed by atoms with Crippen molar-refractivity contribution in [2.24, 2.45) is 8.73 Å². The van der Waals surface area contributed by atoms with Crippen molar-refractivity contribution in [3.8, 4) is 0 Å². The van der Waals surface area contributed by atoms with Crippen LogP contribution in [0.2, 0.25) is 0 Å². The maximum Gasteiger partial charge on any atom is 0.484 e. The summed E-state index contributed by atoms with van der Waals surface area (Å²) in [4.78, 5) is 22.2. The van der Waals surface area contributed by atoms with E-state index in [-0.39, 0.29) is 0 Å². The van der Waals surface area contributed by atoms with Gasteiger partial charge in [0.2, 0.25) is 0 Å². The van der Waals surface area contributed by atoms with Gasteiger partial charge in [0.15, 0.2) is 19.5 Å². The Kier molecular flexibility index (Phi) is 7.50. The van der Waals surface area contributed by atoms with Crippen LogP contribution in [0, 0.1) is 0 Å². The highest BCUT2D eigenvalue weighted by Crippen LogP contribution is 2.34. The number of nitrogens with zero attached hydrogens (tertiary/aromatic N) is 2. The molecule has 32 heavy (non-hydrogen) atoms. The van der Waals surface area contributed by atoms with Crippen LogP contribution in [-0.4, -0.2) is 31.2 Å². The van der Waals surface area contributed by atoms with Crippen LogP contribution in [0.5, 0.6) is 0 Å². The lowest BCUT2D eigenvalue weighted by atomic mass is 10.3. The average molecular weight is 500 g/mol. The molecule has 0 spiro atoms. The average Bonchev–Trinajstić information content (AvgIpc) is 2.71. The van der Waals surface area contributed by atoms with Crippen LogP contribution in [-0.2, 0) is 29.0 Å². The van der Waals surface area contributed by atoms with Gasteiger partial charge in [-0.1, -0.05) is 36.4 Å². The zero-order chi connectivity index (χ0) is 24.2. The molecule has 0 N–H and O–H groups in total. The largest absolute Gasteiger partial charge is 0.484 e. The van der Waals surface area contributed by atoms with Gasteiger partial charge >= 0.3 is 11.0 Å². The third-order valence-electron chi connectivity index (χ3n) is 3.77. The molecule has 0 saturated heterocycles. The van der Waals surface area contributed by atoms with Crippen LogP contribution in [0.4, 0.5) is 26.3 Å². The predicted octanol–water partition coefficient (Wildman–Crippen LogP) is 4.91. The van der Waals surface area contributed by atoms with Crippen molar-refractivity contribution < 1.29 is 44.3 Å². The number of hydrogen-bond donors (Lipinski definition) is 0. The van der Waals surface area contributed by atoms with E-state index in [4.69, 9.17) is 0 Å². The van der Waals surface area contributed by atoms with Crippen molar-refractivity contribution in [3.63, 3.8) is 0 Å². The highest BCUT2D eigenvalue weighted by atomic mass is 32.2. The molecule has 0 aliphatic rings. The second-order valence-electron chi connectivity index (χ2n) is 6.04. The normalized spacial score (nSPS) is 15.8. The smallest absolute Gasteiger partial charge is 0.272 e. The molecule has 2 aromatic carbocycles. The van der Waals surface area contributed by atoms with E-state index in [1.165, 1.54) is 12.1 Å². The molecule has 2 amide bonds. The summed E-state index contributed by atoms with van der Waals surface area (Å²) in [6.07, 6.45) is -2.24. The minimum atomic E-state index is -5.43. The highest BCUT2D eigenvalue weighted by Gasteiger charge is 2.46. The van der Waals surface area contributed by atoms with Crippen LogP contribution in [0.1, 0.15) is 12.8 Å². The van der Waals surface area contributed by atoms with Gasteiger partial charge in [0, 0.05) is 12.8 Å². The molecule has 0 aromatic heterocycles. The molecule has 0 bridgehead atoms. The number of halogens is 6. The van der Waals surface area contributed by atoms with E-state index in [0.29, 0.717) is 0 Å². The van der Waals surface area contributed by atoms with Gasteiger partial charge in [-0.2, -0.15) is 26.3 Å². The summed E-state index contributed by atoms with van der Waals surface area (Å²) in [5.74, 6) is -3.28. The molecule has 0 radical (unpaired) electrons. The summed E-state index contributed by atoms with van der Waals surface area (Å²) in [7, 11) is -10.5. The molecule has 0 aliphatic carbocycles. The maximum atomic E-state index is 13.3. The molecule has 0 saturated carbocycles. The minimum Gasteiger partial charge on any atom is -0.272 e. The summed E-state index contributed by atoms with van der Waals surface area (Å²) >= 11 is 0. The van der Waals surface area contributed by atoms with E-state index >= 15 is 0 Å². The van der Waals surface area contributed by atoms with Crippen LogP contribution in [0.15, 0.2) is 79.2 Å². The van der Waals surface area contributed by atoms with E-state index in [2.05, 4.69) is 8.73 Å². The lowest BCUT2D eigenvalue weighted by molar-refractivity contribution is -0.123. The highest BCUT2D eigenvalue weighted by molar-refractivity contribution is 7.95. The molecular formula is C18H14F6N2O4S2. The quantitative estimate of drug-likeness (QED) is 0.545. The Bertz CT molecular complexity index is 1130. The predicted molar refractivity (Wildman–Crippen MR) is 102 cm³/mol. The second kappa shape index (κ2) is 9.40. The summed E-state index contributed by atoms with van der Waals surface area (Å²) in [6.45, 7) is 0. The third kappa shape index (κ3) is 5.54. The Balaban J connectivity index is 2.33. The van der Waals surface area contributed by atoms with E-state index in [0.717, 1.165) is 48.5 Å². The Hall–Kier alpha value is -2.74. The van der Waals surface area contributed by atoms with Gasteiger partial charge in [0.1, 0.15) is 0 Å². The first-order valence-corrected chi connectivity index (χ1v) is 11.6. The van der Waals surface area contributed by atoms with Crippen LogP contribution in [0.3, 0.4) is 0 Å². The van der Waals surface area contributed by atoms with E-state index < -0.39 is 64.9 Å². The number of amides is 2. The van der Waals surface area contributed by atoms with Crippen LogP contribution >= 0.6 is 0 Å². The summed E-state index contributed by atoms with van der Waals surface area (Å²) < 4.78 is 110. The standard InChI is InChI=1S/C18H14F6N2O4S2/c19-17(20,21)31(29,13-7-3-1-4-8-13)25-15(27)11-12-16(28)26-32(30,18(22,23)24)14-9-5-2-6-10-14/h1-10H,11-12H2. The Morgan fingerprint density at radius 1 is 0.625 bits per heavy atom. The number of benzene rings is 2. The fraction of sp³-hybridized carbons (Fsp3) is 0.222. The lowest BCUT2D eigenvalue weighted by Crippen LogP contribution is -2.25. The van der Waals surface area contributed by atoms with Crippen molar-refractivity contribution in [1.82, 2.24) is 0 Å². The first-order chi connectivity index (χ1) is 14.7. The Morgan fingerprint density at radius 2 is 0.906 bits per heavy atom. The van der Waals surface area contributed by atoms with Crippen LogP contribution in [0.25, 0.3) is 0 Å². The van der Waals surface area contributed by atoms with E-state index in [1.807, 2.05) is 0 Å². The van der Waals surface area contributed by atoms with Gasteiger partial charge < -0.3 is 0 Å². The number of carbonyl (C=O) groups excluding carboxylic acids is 2. The molecule has 0 aliphatic heterocycles. The van der Waals surface area contributed by atoms with Gasteiger partial charge in [-0.3, -0.25) is 9.59 Å². The first-order valence-electron chi connectivity index (χ1n) is 8.53. The Morgan fingerprint density at radius 3 is 1.16 bits per heavy atom. The summed E-state index contributed by atoms with van der Waals surface area (Å²) in [5, 5.41) is 0. The molecule has 2 unspecified atom stereocenters. The summed E-state index contributed by atoms with van der Waals surface area (Å²) in [5.41, 5.74) is -10.9. The zero-order valence-electron chi connectivity index (χ0n) is 15.8. The maximum absolute atomic E-state index is 13.3. The van der Waals surface area contributed by atoms with E-state index in [9.17, 15) is 44.3 Å². The van der Waals surface area contributed by atoms with Crippen molar-refractivity contribution in [3.05, 3.63) is 60.7 Å². The number of alkyl halides is 6. The fourth-order valence-electron chi connectivity index (χ4n) is 2.28. The number of rotatable bonds is 5. The molecule has 0 fully saturated rings.